The van der Waals surface area contributed by atoms with Gasteiger partial charge >= 0.3 is 0 Å². The van der Waals surface area contributed by atoms with Crippen molar-refractivity contribution < 1.29 is 18.8 Å². The molecule has 1 aliphatic heterocycles. The quantitative estimate of drug-likeness (QED) is 0.347. The minimum atomic E-state index is -0.708. The molecule has 1 saturated carbocycles. The van der Waals surface area contributed by atoms with Crippen LogP contribution in [0.1, 0.15) is 47.5 Å². The van der Waals surface area contributed by atoms with Crippen LogP contribution in [0.4, 0.5) is 4.39 Å². The highest BCUT2D eigenvalue weighted by Crippen LogP contribution is 2.40. The van der Waals surface area contributed by atoms with Crippen molar-refractivity contribution in [3.05, 3.63) is 95.8 Å². The number of rotatable bonds is 11. The lowest BCUT2D eigenvalue weighted by molar-refractivity contribution is -0.145. The van der Waals surface area contributed by atoms with Gasteiger partial charge in [-0.05, 0) is 73.2 Å². The van der Waals surface area contributed by atoms with Crippen molar-refractivity contribution >= 4 is 17.7 Å². The topological polar surface area (TPSA) is 81.8 Å². The van der Waals surface area contributed by atoms with Gasteiger partial charge in [-0.15, -0.1) is 0 Å². The van der Waals surface area contributed by atoms with Crippen molar-refractivity contribution in [2.75, 3.05) is 33.2 Å². The summed E-state index contributed by atoms with van der Waals surface area (Å²) in [5.41, 5.74) is 3.71. The van der Waals surface area contributed by atoms with Crippen LogP contribution in [0, 0.1) is 5.82 Å². The Morgan fingerprint density at radius 2 is 1.63 bits per heavy atom. The number of piperazine rings is 1. The van der Waals surface area contributed by atoms with E-state index in [9.17, 15) is 18.8 Å². The van der Waals surface area contributed by atoms with Gasteiger partial charge in [-0.25, -0.2) is 4.39 Å². The number of amides is 3. The number of hydrogen-bond acceptors (Lipinski definition) is 4. The molecule has 3 amide bonds. The number of halogens is 1. The van der Waals surface area contributed by atoms with Gasteiger partial charge in [0.1, 0.15) is 11.9 Å². The Morgan fingerprint density at radius 3 is 2.34 bits per heavy atom. The fourth-order valence-electron chi connectivity index (χ4n) is 5.37. The predicted octanol–water partition coefficient (Wildman–Crippen LogP) is 4.21. The predicted molar refractivity (Wildman–Crippen MR) is 157 cm³/mol. The van der Waals surface area contributed by atoms with Crippen molar-refractivity contribution in [2.24, 2.45) is 0 Å². The number of unbranched alkanes of at least 4 members (excludes halogenated alkanes) is 1. The lowest BCUT2D eigenvalue weighted by Gasteiger charge is -2.34. The van der Waals surface area contributed by atoms with Crippen molar-refractivity contribution in [2.45, 2.75) is 43.7 Å². The Bertz CT molecular complexity index is 1350. The fraction of sp³-hybridized carbons (Fsp3) is 0.364. The molecule has 2 N–H and O–H groups in total. The van der Waals surface area contributed by atoms with Gasteiger partial charge in [0.2, 0.25) is 11.8 Å². The third-order valence-electron chi connectivity index (χ3n) is 8.04. The molecule has 3 atom stereocenters. The SMILES string of the molecule is CN1CCN(C(=O)[C@H](CCCCNC2C[C@H]2c2ccc(F)cc2)NC(=O)c2ccc(-c3ccccc3)cc2)CC1=O. The highest BCUT2D eigenvalue weighted by atomic mass is 19.1. The minimum Gasteiger partial charge on any atom is -0.342 e. The summed E-state index contributed by atoms with van der Waals surface area (Å²) in [5.74, 6) is -0.433. The van der Waals surface area contributed by atoms with Gasteiger partial charge in [0.15, 0.2) is 0 Å². The minimum absolute atomic E-state index is 0.0293. The average Bonchev–Trinajstić information content (AvgIpc) is 3.77. The molecule has 1 heterocycles. The molecular formula is C33H37FN4O3. The second-order valence-electron chi connectivity index (χ2n) is 11.0. The number of hydrogen-bond donors (Lipinski definition) is 2. The number of likely N-dealkylation sites (N-methyl/N-ethyl adjacent to an activating group) is 1. The van der Waals surface area contributed by atoms with Crippen LogP contribution >= 0.6 is 0 Å². The number of nitrogens with zero attached hydrogens (tertiary/aromatic N) is 2. The van der Waals surface area contributed by atoms with Gasteiger partial charge in [0.05, 0.1) is 6.54 Å². The monoisotopic (exact) mass is 556 g/mol. The van der Waals surface area contributed by atoms with E-state index in [0.717, 1.165) is 42.5 Å². The first-order valence-corrected chi connectivity index (χ1v) is 14.4. The molecule has 0 aromatic heterocycles. The van der Waals surface area contributed by atoms with E-state index in [0.29, 0.717) is 37.0 Å². The van der Waals surface area contributed by atoms with Crippen LogP contribution in [-0.4, -0.2) is 72.8 Å². The Morgan fingerprint density at radius 1 is 0.927 bits per heavy atom. The third-order valence-corrected chi connectivity index (χ3v) is 8.04. The maximum atomic E-state index is 13.5. The van der Waals surface area contributed by atoms with Crippen LogP contribution in [0.3, 0.4) is 0 Å². The maximum absolute atomic E-state index is 13.5. The van der Waals surface area contributed by atoms with Crippen molar-refractivity contribution in [1.29, 1.82) is 0 Å². The molecule has 1 saturated heterocycles. The second kappa shape index (κ2) is 13.1. The van der Waals surface area contributed by atoms with Crippen LogP contribution in [0.5, 0.6) is 0 Å². The van der Waals surface area contributed by atoms with Gasteiger partial charge in [0.25, 0.3) is 5.91 Å². The van der Waals surface area contributed by atoms with Crippen LogP contribution in [0.25, 0.3) is 11.1 Å². The van der Waals surface area contributed by atoms with Crippen molar-refractivity contribution in [3.63, 3.8) is 0 Å². The maximum Gasteiger partial charge on any atom is 0.251 e. The zero-order valence-electron chi connectivity index (χ0n) is 23.4. The van der Waals surface area contributed by atoms with E-state index in [-0.39, 0.29) is 30.1 Å². The fourth-order valence-corrected chi connectivity index (χ4v) is 5.37. The molecule has 7 nitrogen and oxygen atoms in total. The summed E-state index contributed by atoms with van der Waals surface area (Å²) in [6.07, 6.45) is 3.11. The molecule has 2 aliphatic rings. The Labute approximate surface area is 240 Å². The average molecular weight is 557 g/mol. The first-order chi connectivity index (χ1) is 19.9. The van der Waals surface area contributed by atoms with E-state index in [1.165, 1.54) is 12.1 Å². The Balaban J connectivity index is 1.15. The van der Waals surface area contributed by atoms with Crippen LogP contribution in [0.15, 0.2) is 78.9 Å². The summed E-state index contributed by atoms with van der Waals surface area (Å²) in [4.78, 5) is 42.1. The van der Waals surface area contributed by atoms with E-state index in [1.807, 2.05) is 54.6 Å². The van der Waals surface area contributed by atoms with Crippen LogP contribution < -0.4 is 10.6 Å². The zero-order valence-corrected chi connectivity index (χ0v) is 23.4. The molecular weight excluding hydrogens is 519 g/mol. The van der Waals surface area contributed by atoms with Crippen LogP contribution in [-0.2, 0) is 9.59 Å². The first-order valence-electron chi connectivity index (χ1n) is 14.4. The zero-order chi connectivity index (χ0) is 28.8. The van der Waals surface area contributed by atoms with Gasteiger partial charge in [-0.2, -0.15) is 0 Å². The number of carbonyl (C=O) groups excluding carboxylic acids is 3. The molecule has 5 rings (SSSR count). The van der Waals surface area contributed by atoms with Gasteiger partial charge in [-0.3, -0.25) is 14.4 Å². The Hall–Kier alpha value is -4.04. The number of carbonyl (C=O) groups is 3. The van der Waals surface area contributed by atoms with Crippen molar-refractivity contribution in [3.8, 4) is 11.1 Å². The summed E-state index contributed by atoms with van der Waals surface area (Å²) in [6, 6.07) is 23.7. The number of benzene rings is 3. The molecule has 1 unspecified atom stereocenters. The summed E-state index contributed by atoms with van der Waals surface area (Å²) in [7, 11) is 1.73. The van der Waals surface area contributed by atoms with Gasteiger partial charge in [0, 0.05) is 37.7 Å². The summed E-state index contributed by atoms with van der Waals surface area (Å²) < 4.78 is 13.2. The highest BCUT2D eigenvalue weighted by Gasteiger charge is 2.37. The van der Waals surface area contributed by atoms with E-state index >= 15 is 0 Å². The molecule has 214 valence electrons. The largest absolute Gasteiger partial charge is 0.342 e. The van der Waals surface area contributed by atoms with Gasteiger partial charge < -0.3 is 20.4 Å². The van der Waals surface area contributed by atoms with E-state index in [1.54, 1.807) is 29.0 Å². The number of nitrogens with one attached hydrogen (secondary N) is 2. The Kier molecular flexibility index (Phi) is 9.09. The van der Waals surface area contributed by atoms with E-state index in [4.69, 9.17) is 0 Å². The highest BCUT2D eigenvalue weighted by molar-refractivity contribution is 5.98. The third kappa shape index (κ3) is 7.38. The molecule has 2 fully saturated rings. The normalized spacial score (nSPS) is 19.1. The molecule has 3 aromatic carbocycles. The first kappa shape index (κ1) is 28.5. The lowest BCUT2D eigenvalue weighted by atomic mass is 10.0. The molecule has 0 radical (unpaired) electrons. The smallest absolute Gasteiger partial charge is 0.251 e. The van der Waals surface area contributed by atoms with E-state index in [2.05, 4.69) is 10.6 Å². The lowest BCUT2D eigenvalue weighted by Crippen LogP contribution is -2.56. The van der Waals surface area contributed by atoms with Crippen molar-refractivity contribution in [1.82, 2.24) is 20.4 Å². The molecule has 3 aromatic rings. The summed E-state index contributed by atoms with van der Waals surface area (Å²) in [6.45, 7) is 1.76. The van der Waals surface area contributed by atoms with Crippen LogP contribution in [0.2, 0.25) is 0 Å². The molecule has 0 bridgehead atoms. The molecule has 1 aliphatic carbocycles. The van der Waals surface area contributed by atoms with E-state index < -0.39 is 6.04 Å². The molecule has 8 heteroatoms. The second-order valence-corrected chi connectivity index (χ2v) is 11.0. The molecule has 41 heavy (non-hydrogen) atoms. The van der Waals surface area contributed by atoms with Gasteiger partial charge in [-0.1, -0.05) is 54.6 Å². The standard InChI is InChI=1S/C33H37FN4O3/c1-37-19-20-38(22-31(37)39)33(41)29(9-5-6-18-35-30-21-28(30)25-14-16-27(34)17-15-25)36-32(40)26-12-10-24(11-13-26)23-7-3-2-4-8-23/h2-4,7-8,10-17,28-30,35H,5-6,9,18-22H2,1H3,(H,36,40)/t28-,29-,30?/m0/s1. The summed E-state index contributed by atoms with van der Waals surface area (Å²) >= 11 is 0. The summed E-state index contributed by atoms with van der Waals surface area (Å²) in [5, 5.41) is 6.51. The molecule has 0 spiro atoms.